The number of ether oxygens (including phenoxy) is 1. The van der Waals surface area contributed by atoms with Gasteiger partial charge >= 0.3 is 0 Å². The van der Waals surface area contributed by atoms with Crippen molar-refractivity contribution in [3.8, 4) is 11.4 Å². The fourth-order valence-corrected chi connectivity index (χ4v) is 2.55. The lowest BCUT2D eigenvalue weighted by molar-refractivity contribution is 0.0766. The molecule has 0 radical (unpaired) electrons. The molecule has 0 unspecified atom stereocenters. The molecule has 2 aromatic carbocycles. The van der Waals surface area contributed by atoms with Gasteiger partial charge in [-0.2, -0.15) is 0 Å². The minimum Gasteiger partial charge on any atom is -0.492 e. The molecule has 25 heavy (non-hydrogen) atoms. The zero-order valence-electron chi connectivity index (χ0n) is 14.4. The van der Waals surface area contributed by atoms with Gasteiger partial charge in [0, 0.05) is 12.7 Å². The van der Waals surface area contributed by atoms with Crippen LogP contribution in [0.15, 0.2) is 67.1 Å². The molecule has 3 rings (SSSR count). The Balaban J connectivity index is 1.62. The summed E-state index contributed by atoms with van der Waals surface area (Å²) in [6.45, 7) is 2.95. The van der Waals surface area contributed by atoms with Crippen LogP contribution in [0, 0.1) is 6.92 Å². The maximum Gasteiger partial charge on any atom is 0.272 e. The molecule has 0 bridgehead atoms. The summed E-state index contributed by atoms with van der Waals surface area (Å²) in [6.07, 6.45) is 3.24. The van der Waals surface area contributed by atoms with Crippen LogP contribution in [0.5, 0.6) is 5.75 Å². The molecule has 0 aliphatic heterocycles. The average Bonchev–Trinajstić information content (AvgIpc) is 3.11. The van der Waals surface area contributed by atoms with Gasteiger partial charge < -0.3 is 9.64 Å². The Morgan fingerprint density at radius 1 is 1.16 bits per heavy atom. The number of benzene rings is 2. The van der Waals surface area contributed by atoms with Crippen molar-refractivity contribution in [2.24, 2.45) is 0 Å². The molecule has 0 saturated heterocycles. The fourth-order valence-electron chi connectivity index (χ4n) is 2.55. The molecule has 1 aromatic heterocycles. The minimum atomic E-state index is -0.0887. The lowest BCUT2D eigenvalue weighted by Gasteiger charge is -2.18. The van der Waals surface area contributed by atoms with Crippen molar-refractivity contribution in [3.63, 3.8) is 0 Å². The number of amides is 1. The van der Waals surface area contributed by atoms with Gasteiger partial charge in [-0.05, 0) is 36.8 Å². The number of aryl methyl sites for hydroxylation is 1. The van der Waals surface area contributed by atoms with Crippen LogP contribution < -0.4 is 4.74 Å². The molecular weight excluding hydrogens is 314 g/mol. The Hall–Kier alpha value is -3.08. The number of imidazole rings is 1. The van der Waals surface area contributed by atoms with Gasteiger partial charge in [0.1, 0.15) is 18.1 Å². The highest BCUT2D eigenvalue weighted by molar-refractivity contribution is 5.92. The second kappa shape index (κ2) is 7.66. The van der Waals surface area contributed by atoms with E-state index in [-0.39, 0.29) is 5.91 Å². The van der Waals surface area contributed by atoms with Crippen molar-refractivity contribution in [2.75, 3.05) is 20.2 Å². The molecule has 0 N–H and O–H groups in total. The van der Waals surface area contributed by atoms with Crippen molar-refractivity contribution in [2.45, 2.75) is 6.92 Å². The molecule has 3 aromatic rings. The first-order valence-corrected chi connectivity index (χ1v) is 8.18. The summed E-state index contributed by atoms with van der Waals surface area (Å²) in [6, 6.07) is 17.6. The highest BCUT2D eigenvalue weighted by Crippen LogP contribution is 2.14. The number of carbonyl (C=O) groups is 1. The first kappa shape index (κ1) is 16.8. The summed E-state index contributed by atoms with van der Waals surface area (Å²) < 4.78 is 7.52. The molecule has 0 aliphatic carbocycles. The quantitative estimate of drug-likeness (QED) is 0.694. The van der Waals surface area contributed by atoms with Gasteiger partial charge in [-0.25, -0.2) is 4.98 Å². The van der Waals surface area contributed by atoms with Crippen molar-refractivity contribution in [1.29, 1.82) is 0 Å². The van der Waals surface area contributed by atoms with Crippen LogP contribution in [0.2, 0.25) is 0 Å². The summed E-state index contributed by atoms with van der Waals surface area (Å²) in [7, 11) is 1.77. The van der Waals surface area contributed by atoms with E-state index in [0.717, 1.165) is 17.0 Å². The highest BCUT2D eigenvalue weighted by atomic mass is 16.5. The molecule has 128 valence electrons. The fraction of sp³-hybridized carbons (Fsp3) is 0.200. The average molecular weight is 335 g/mol. The zero-order valence-corrected chi connectivity index (χ0v) is 14.4. The van der Waals surface area contributed by atoms with Gasteiger partial charge in [0.05, 0.1) is 19.1 Å². The Labute approximate surface area is 147 Å². The molecule has 5 nitrogen and oxygen atoms in total. The van der Waals surface area contributed by atoms with E-state index in [2.05, 4.69) is 4.98 Å². The number of hydrogen-bond acceptors (Lipinski definition) is 3. The summed E-state index contributed by atoms with van der Waals surface area (Å²) >= 11 is 0. The Kier molecular flexibility index (Phi) is 5.14. The Bertz CT molecular complexity index is 843. The van der Waals surface area contributed by atoms with E-state index in [1.54, 1.807) is 29.0 Å². The molecular formula is C20H21N3O2. The van der Waals surface area contributed by atoms with Gasteiger partial charge in [0.25, 0.3) is 5.91 Å². The number of carbonyl (C=O) groups excluding carboxylic acids is 1. The van der Waals surface area contributed by atoms with E-state index in [1.807, 2.05) is 61.5 Å². The Morgan fingerprint density at radius 3 is 2.72 bits per heavy atom. The maximum absolute atomic E-state index is 12.7. The third-order valence-electron chi connectivity index (χ3n) is 3.92. The van der Waals surface area contributed by atoms with E-state index in [1.165, 1.54) is 0 Å². The van der Waals surface area contributed by atoms with Crippen molar-refractivity contribution in [3.05, 3.63) is 78.4 Å². The summed E-state index contributed by atoms with van der Waals surface area (Å²) in [5, 5.41) is 0. The van der Waals surface area contributed by atoms with Crippen molar-refractivity contribution < 1.29 is 9.53 Å². The smallest absolute Gasteiger partial charge is 0.272 e. The summed E-state index contributed by atoms with van der Waals surface area (Å²) in [5.41, 5.74) is 2.59. The number of hydrogen-bond donors (Lipinski definition) is 0. The minimum absolute atomic E-state index is 0.0887. The summed E-state index contributed by atoms with van der Waals surface area (Å²) in [4.78, 5) is 18.5. The lowest BCUT2D eigenvalue weighted by Crippen LogP contribution is -2.32. The number of likely N-dealkylation sites (N-methyl/N-ethyl adjacent to an activating group) is 1. The number of nitrogens with zero attached hydrogens (tertiary/aromatic N) is 3. The van der Waals surface area contributed by atoms with Crippen molar-refractivity contribution >= 4 is 5.91 Å². The standard InChI is InChI=1S/C20H21N3O2/c1-16-7-6-10-18(13-16)25-12-11-22(2)20(24)19-14-21-15-23(19)17-8-4-3-5-9-17/h3-10,13-15H,11-12H2,1-2H3. The topological polar surface area (TPSA) is 47.4 Å². The molecule has 5 heteroatoms. The lowest BCUT2D eigenvalue weighted by atomic mass is 10.2. The van der Waals surface area contributed by atoms with Crippen LogP contribution in [0.25, 0.3) is 5.69 Å². The molecule has 0 aliphatic rings. The predicted molar refractivity (Wildman–Crippen MR) is 97.2 cm³/mol. The van der Waals surface area contributed by atoms with E-state index in [4.69, 9.17) is 4.74 Å². The maximum atomic E-state index is 12.7. The predicted octanol–water partition coefficient (Wildman–Crippen LogP) is 3.33. The second-order valence-electron chi connectivity index (χ2n) is 5.88. The molecule has 0 spiro atoms. The van der Waals surface area contributed by atoms with Gasteiger partial charge in [0.15, 0.2) is 0 Å². The Morgan fingerprint density at radius 2 is 1.96 bits per heavy atom. The first-order chi connectivity index (χ1) is 12.1. The highest BCUT2D eigenvalue weighted by Gasteiger charge is 2.17. The van der Waals surface area contributed by atoms with Crippen LogP contribution >= 0.6 is 0 Å². The molecule has 1 heterocycles. The van der Waals surface area contributed by atoms with Gasteiger partial charge in [-0.3, -0.25) is 9.36 Å². The molecule has 1 amide bonds. The first-order valence-electron chi connectivity index (χ1n) is 8.18. The van der Waals surface area contributed by atoms with E-state index in [0.29, 0.717) is 18.8 Å². The van der Waals surface area contributed by atoms with Gasteiger partial charge in [-0.15, -0.1) is 0 Å². The third-order valence-corrected chi connectivity index (χ3v) is 3.92. The summed E-state index contributed by atoms with van der Waals surface area (Å²) in [5.74, 6) is 0.726. The van der Waals surface area contributed by atoms with Crippen LogP contribution in [-0.2, 0) is 0 Å². The van der Waals surface area contributed by atoms with E-state index in [9.17, 15) is 4.79 Å². The molecule has 0 saturated carbocycles. The molecule has 0 fully saturated rings. The van der Waals surface area contributed by atoms with E-state index < -0.39 is 0 Å². The van der Waals surface area contributed by atoms with Gasteiger partial charge in [-0.1, -0.05) is 30.3 Å². The van der Waals surface area contributed by atoms with Gasteiger partial charge in [0.2, 0.25) is 0 Å². The van der Waals surface area contributed by atoms with Crippen molar-refractivity contribution in [1.82, 2.24) is 14.5 Å². The van der Waals surface area contributed by atoms with E-state index >= 15 is 0 Å². The van der Waals surface area contributed by atoms with Crippen LogP contribution in [0.1, 0.15) is 16.1 Å². The monoisotopic (exact) mass is 335 g/mol. The number of aromatic nitrogens is 2. The van der Waals surface area contributed by atoms with Crippen LogP contribution in [-0.4, -0.2) is 40.6 Å². The zero-order chi connectivity index (χ0) is 17.6. The van der Waals surface area contributed by atoms with Crippen LogP contribution in [0.4, 0.5) is 0 Å². The largest absolute Gasteiger partial charge is 0.492 e. The number of rotatable bonds is 6. The normalized spacial score (nSPS) is 10.5. The SMILES string of the molecule is Cc1cccc(OCCN(C)C(=O)c2cncn2-c2ccccc2)c1. The third kappa shape index (κ3) is 4.07. The molecule has 0 atom stereocenters. The van der Waals surface area contributed by atoms with Crippen LogP contribution in [0.3, 0.4) is 0 Å². The number of para-hydroxylation sites is 1. The second-order valence-corrected chi connectivity index (χ2v) is 5.88.